The van der Waals surface area contributed by atoms with Gasteiger partial charge in [-0.2, -0.15) is 0 Å². The van der Waals surface area contributed by atoms with Crippen LogP contribution >= 0.6 is 12.4 Å². The number of carbonyl (C=O) groups excluding carboxylic acids is 2. The van der Waals surface area contributed by atoms with E-state index < -0.39 is 5.60 Å². The van der Waals surface area contributed by atoms with Gasteiger partial charge in [-0.15, -0.1) is 12.4 Å². The minimum absolute atomic E-state index is 0. The molecule has 0 spiro atoms. The monoisotopic (exact) mass is 294 g/mol. The lowest BCUT2D eigenvalue weighted by Crippen LogP contribution is -2.54. The fourth-order valence-electron chi connectivity index (χ4n) is 1.74. The number of nitrogens with zero attached hydrogens (tertiary/aromatic N) is 1. The van der Waals surface area contributed by atoms with Crippen LogP contribution in [0.15, 0.2) is 0 Å². The largest absolute Gasteiger partial charge is 0.469 e. The highest BCUT2D eigenvalue weighted by atomic mass is 35.5. The van der Waals surface area contributed by atoms with Crippen molar-refractivity contribution in [3.8, 4) is 0 Å². The van der Waals surface area contributed by atoms with Crippen LogP contribution in [-0.2, 0) is 14.3 Å². The third-order valence-electron chi connectivity index (χ3n) is 2.55. The van der Waals surface area contributed by atoms with Crippen LogP contribution in [0.1, 0.15) is 27.2 Å². The normalized spacial score (nSPS) is 19.4. The van der Waals surface area contributed by atoms with Gasteiger partial charge in [0, 0.05) is 25.7 Å². The number of carbonyl (C=O) groups is 2. The highest BCUT2D eigenvalue weighted by Crippen LogP contribution is 2.12. The lowest BCUT2D eigenvalue weighted by molar-refractivity contribution is -0.141. The minimum Gasteiger partial charge on any atom is -0.469 e. The number of esters is 1. The van der Waals surface area contributed by atoms with E-state index in [1.807, 2.05) is 20.8 Å². The Morgan fingerprint density at radius 3 is 2.53 bits per heavy atom. The lowest BCUT2D eigenvalue weighted by atomic mass is 10.1. The Labute approximate surface area is 120 Å². The van der Waals surface area contributed by atoms with Crippen LogP contribution in [0.5, 0.6) is 0 Å². The Kier molecular flexibility index (Phi) is 7.15. The lowest BCUT2D eigenvalue weighted by Gasteiger charge is -2.34. The smallest absolute Gasteiger partial charge is 0.410 e. The van der Waals surface area contributed by atoms with Crippen molar-refractivity contribution in [2.24, 2.45) is 0 Å². The van der Waals surface area contributed by atoms with Gasteiger partial charge in [0.25, 0.3) is 0 Å². The van der Waals surface area contributed by atoms with Crippen LogP contribution in [0.3, 0.4) is 0 Å². The van der Waals surface area contributed by atoms with E-state index in [0.717, 1.165) is 0 Å². The molecule has 1 saturated heterocycles. The van der Waals surface area contributed by atoms with Crippen molar-refractivity contribution < 1.29 is 19.1 Å². The molecule has 6 nitrogen and oxygen atoms in total. The molecule has 0 aromatic heterocycles. The second-order valence-electron chi connectivity index (χ2n) is 5.36. The number of piperazine rings is 1. The summed E-state index contributed by atoms with van der Waals surface area (Å²) in [6, 6.07) is -0.0706. The van der Waals surface area contributed by atoms with Gasteiger partial charge in [-0.1, -0.05) is 0 Å². The van der Waals surface area contributed by atoms with Crippen LogP contribution in [-0.4, -0.2) is 55.3 Å². The van der Waals surface area contributed by atoms with Gasteiger partial charge in [0.2, 0.25) is 0 Å². The number of halogens is 1. The van der Waals surface area contributed by atoms with E-state index in [1.54, 1.807) is 4.90 Å². The highest BCUT2D eigenvalue weighted by molar-refractivity contribution is 5.85. The van der Waals surface area contributed by atoms with Crippen LogP contribution < -0.4 is 5.32 Å². The Balaban J connectivity index is 0.00000324. The summed E-state index contributed by atoms with van der Waals surface area (Å²) in [4.78, 5) is 24.7. The Bertz CT molecular complexity index is 317. The van der Waals surface area contributed by atoms with Crippen molar-refractivity contribution in [1.29, 1.82) is 0 Å². The first-order valence-corrected chi connectivity index (χ1v) is 6.10. The van der Waals surface area contributed by atoms with Crippen LogP contribution in [0, 0.1) is 0 Å². The highest BCUT2D eigenvalue weighted by Gasteiger charge is 2.28. The molecule has 112 valence electrons. The molecule has 1 aliphatic rings. The maximum atomic E-state index is 11.9. The molecule has 1 aliphatic heterocycles. The molecule has 7 heteroatoms. The molecular weight excluding hydrogens is 272 g/mol. The Morgan fingerprint density at radius 1 is 1.37 bits per heavy atom. The van der Waals surface area contributed by atoms with Crippen LogP contribution in [0.2, 0.25) is 0 Å². The van der Waals surface area contributed by atoms with E-state index in [9.17, 15) is 9.59 Å². The number of rotatable bonds is 2. The molecule has 1 unspecified atom stereocenters. The third-order valence-corrected chi connectivity index (χ3v) is 2.55. The summed E-state index contributed by atoms with van der Waals surface area (Å²) in [5, 5.41) is 3.18. The van der Waals surface area contributed by atoms with Gasteiger partial charge in [0.15, 0.2) is 0 Å². The number of amides is 1. The van der Waals surface area contributed by atoms with Gasteiger partial charge in [-0.05, 0) is 20.8 Å². The molecule has 0 aromatic rings. The Morgan fingerprint density at radius 2 is 2.00 bits per heavy atom. The number of ether oxygens (including phenoxy) is 2. The SMILES string of the molecule is COC(=O)CC1CN(C(=O)OC(C)(C)C)CCN1.Cl. The molecule has 1 N–H and O–H groups in total. The first kappa shape index (κ1) is 18.0. The van der Waals surface area contributed by atoms with E-state index in [2.05, 4.69) is 10.1 Å². The average molecular weight is 295 g/mol. The summed E-state index contributed by atoms with van der Waals surface area (Å²) in [7, 11) is 1.36. The van der Waals surface area contributed by atoms with E-state index in [-0.39, 0.29) is 36.9 Å². The topological polar surface area (TPSA) is 67.9 Å². The molecular formula is C12H23ClN2O4. The van der Waals surface area contributed by atoms with E-state index in [4.69, 9.17) is 4.74 Å². The van der Waals surface area contributed by atoms with Crippen LogP contribution in [0.4, 0.5) is 4.79 Å². The quantitative estimate of drug-likeness (QED) is 0.775. The van der Waals surface area contributed by atoms with Crippen molar-refractivity contribution in [2.45, 2.75) is 38.8 Å². The number of hydrogen-bond acceptors (Lipinski definition) is 5. The molecule has 1 rings (SSSR count). The van der Waals surface area contributed by atoms with Crippen molar-refractivity contribution in [2.75, 3.05) is 26.7 Å². The third kappa shape index (κ3) is 6.63. The van der Waals surface area contributed by atoms with Gasteiger partial charge >= 0.3 is 12.1 Å². The van der Waals surface area contributed by atoms with Gasteiger partial charge < -0.3 is 19.7 Å². The number of hydrogen-bond donors (Lipinski definition) is 1. The molecule has 0 aromatic carbocycles. The van der Waals surface area contributed by atoms with Gasteiger partial charge in [0.05, 0.1) is 13.5 Å². The molecule has 1 heterocycles. The molecule has 1 fully saturated rings. The Hall–Kier alpha value is -1.01. The predicted octanol–water partition coefficient (Wildman–Crippen LogP) is 1.18. The molecule has 1 atom stereocenters. The first-order valence-electron chi connectivity index (χ1n) is 6.10. The van der Waals surface area contributed by atoms with Crippen molar-refractivity contribution in [3.05, 3.63) is 0 Å². The maximum Gasteiger partial charge on any atom is 0.410 e. The average Bonchev–Trinajstić information content (AvgIpc) is 2.27. The summed E-state index contributed by atoms with van der Waals surface area (Å²) < 4.78 is 9.92. The summed E-state index contributed by atoms with van der Waals surface area (Å²) in [5.74, 6) is -0.279. The fraction of sp³-hybridized carbons (Fsp3) is 0.833. The molecule has 0 bridgehead atoms. The summed E-state index contributed by atoms with van der Waals surface area (Å²) >= 11 is 0. The fourth-order valence-corrected chi connectivity index (χ4v) is 1.74. The summed E-state index contributed by atoms with van der Waals surface area (Å²) in [6.45, 7) is 7.20. The van der Waals surface area contributed by atoms with Gasteiger partial charge in [-0.25, -0.2) is 4.79 Å². The molecule has 19 heavy (non-hydrogen) atoms. The van der Waals surface area contributed by atoms with E-state index in [0.29, 0.717) is 19.6 Å². The summed E-state index contributed by atoms with van der Waals surface area (Å²) in [6.07, 6.45) is -0.0747. The van der Waals surface area contributed by atoms with E-state index in [1.165, 1.54) is 7.11 Å². The molecule has 0 saturated carbocycles. The van der Waals surface area contributed by atoms with Crippen molar-refractivity contribution in [3.63, 3.8) is 0 Å². The predicted molar refractivity (Wildman–Crippen MR) is 73.5 cm³/mol. The second kappa shape index (κ2) is 7.55. The van der Waals surface area contributed by atoms with Gasteiger partial charge in [-0.3, -0.25) is 4.79 Å². The number of methoxy groups -OCH3 is 1. The molecule has 0 aliphatic carbocycles. The van der Waals surface area contributed by atoms with Crippen molar-refractivity contribution in [1.82, 2.24) is 10.2 Å². The maximum absolute atomic E-state index is 11.9. The molecule has 0 radical (unpaired) electrons. The van der Waals surface area contributed by atoms with E-state index >= 15 is 0 Å². The van der Waals surface area contributed by atoms with Gasteiger partial charge in [0.1, 0.15) is 5.60 Å². The van der Waals surface area contributed by atoms with Crippen molar-refractivity contribution >= 4 is 24.5 Å². The first-order chi connectivity index (χ1) is 8.31. The zero-order valence-corrected chi connectivity index (χ0v) is 12.7. The molecule has 1 amide bonds. The minimum atomic E-state index is -0.500. The standard InChI is InChI=1S/C12H22N2O4.ClH/c1-12(2,3)18-11(16)14-6-5-13-9(8-14)7-10(15)17-4;/h9,13H,5-8H2,1-4H3;1H. The zero-order chi connectivity index (χ0) is 13.8. The summed E-state index contributed by atoms with van der Waals surface area (Å²) in [5.41, 5.74) is -0.500. The second-order valence-corrected chi connectivity index (χ2v) is 5.36. The number of nitrogens with one attached hydrogen (secondary N) is 1. The zero-order valence-electron chi connectivity index (χ0n) is 11.9. The van der Waals surface area contributed by atoms with Crippen LogP contribution in [0.25, 0.3) is 0 Å².